The molecule has 0 fully saturated rings. The molecule has 0 saturated heterocycles. The van der Waals surface area contributed by atoms with Crippen molar-refractivity contribution in [3.63, 3.8) is 0 Å². The van der Waals surface area contributed by atoms with Crippen molar-refractivity contribution in [2.24, 2.45) is 0 Å². The molecule has 0 saturated carbocycles. The number of hydrogen-bond donors (Lipinski definition) is 0. The van der Waals surface area contributed by atoms with Crippen molar-refractivity contribution >= 4 is 7.53 Å². The third-order valence-corrected chi connectivity index (χ3v) is 5.98. The summed E-state index contributed by atoms with van der Waals surface area (Å²) in [4.78, 5) is 0. The Hall–Kier alpha value is -1.00. The lowest BCUT2D eigenvalue weighted by atomic mass is 9.89. The summed E-state index contributed by atoms with van der Waals surface area (Å²) in [7, 11) is -0.239. The molecule has 0 N–H and O–H groups in total. The van der Waals surface area contributed by atoms with Crippen molar-refractivity contribution in [3.8, 4) is 5.30 Å². The van der Waals surface area contributed by atoms with E-state index in [1.807, 2.05) is 0 Å². The van der Waals surface area contributed by atoms with Gasteiger partial charge in [0.2, 0.25) is 0 Å². The summed E-state index contributed by atoms with van der Waals surface area (Å²) in [5.74, 6) is 6.55. The molecule has 108 valence electrons. The second-order valence-electron chi connectivity index (χ2n) is 6.60. The van der Waals surface area contributed by atoms with Crippen molar-refractivity contribution in [1.82, 2.24) is 0 Å². The van der Waals surface area contributed by atoms with Gasteiger partial charge < -0.3 is 0 Å². The van der Waals surface area contributed by atoms with Gasteiger partial charge in [-0.1, -0.05) is 73.3 Å². The van der Waals surface area contributed by atoms with E-state index in [2.05, 4.69) is 77.4 Å². The van der Waals surface area contributed by atoms with Crippen LogP contribution in [0.1, 0.15) is 76.0 Å². The standard InChI is InChI=1S/C19H27P/c1-13(2)16-11-17(14(3)4)19(18(12-16)15(5)6)20-9-7-8-10-20/h7-15H,1-6H3. The molecule has 2 rings (SSSR count). The highest BCUT2D eigenvalue weighted by molar-refractivity contribution is 7.56. The van der Waals surface area contributed by atoms with Gasteiger partial charge in [0, 0.05) is 5.30 Å². The summed E-state index contributed by atoms with van der Waals surface area (Å²) in [6, 6.07) is 9.32. The minimum Gasteiger partial charge on any atom is -0.0928 e. The van der Waals surface area contributed by atoms with E-state index in [4.69, 9.17) is 0 Å². The number of hydrogen-bond acceptors (Lipinski definition) is 0. The monoisotopic (exact) mass is 286 g/mol. The van der Waals surface area contributed by atoms with Crippen LogP contribution in [0.4, 0.5) is 0 Å². The molecule has 20 heavy (non-hydrogen) atoms. The fourth-order valence-corrected chi connectivity index (χ4v) is 4.91. The molecule has 0 radical (unpaired) electrons. The number of rotatable bonds is 4. The van der Waals surface area contributed by atoms with Crippen LogP contribution in [-0.2, 0) is 0 Å². The Morgan fingerprint density at radius 2 is 1.15 bits per heavy atom. The Morgan fingerprint density at radius 3 is 1.50 bits per heavy atom. The first-order valence-corrected chi connectivity index (χ1v) is 9.20. The molecule has 1 heterocycles. The molecular weight excluding hydrogens is 259 g/mol. The highest BCUT2D eigenvalue weighted by atomic mass is 31.1. The van der Waals surface area contributed by atoms with Gasteiger partial charge in [0.25, 0.3) is 0 Å². The second-order valence-corrected chi connectivity index (χ2v) is 8.46. The quantitative estimate of drug-likeness (QED) is 0.565. The first-order valence-electron chi connectivity index (χ1n) is 7.72. The average Bonchev–Trinajstić information content (AvgIpc) is 2.90. The Morgan fingerprint density at radius 1 is 0.700 bits per heavy atom. The minimum absolute atomic E-state index is 0.239. The molecular formula is C19H27P. The maximum Gasteiger partial charge on any atom is 0.00477 e. The Bertz CT molecular complexity index is 530. The molecule has 0 spiro atoms. The van der Waals surface area contributed by atoms with Crippen molar-refractivity contribution in [2.45, 2.75) is 59.3 Å². The van der Waals surface area contributed by atoms with Gasteiger partial charge in [-0.05, 0) is 46.0 Å². The van der Waals surface area contributed by atoms with E-state index in [0.29, 0.717) is 17.8 Å². The molecule has 0 nitrogen and oxygen atoms in total. The van der Waals surface area contributed by atoms with Crippen LogP contribution in [0.15, 0.2) is 35.9 Å². The van der Waals surface area contributed by atoms with E-state index in [9.17, 15) is 0 Å². The van der Waals surface area contributed by atoms with E-state index in [-0.39, 0.29) is 7.53 Å². The zero-order chi connectivity index (χ0) is 14.9. The van der Waals surface area contributed by atoms with Gasteiger partial charge in [-0.3, -0.25) is 0 Å². The first-order chi connectivity index (χ1) is 9.41. The van der Waals surface area contributed by atoms with Crippen molar-refractivity contribution in [1.29, 1.82) is 0 Å². The predicted molar refractivity (Wildman–Crippen MR) is 92.8 cm³/mol. The van der Waals surface area contributed by atoms with E-state index in [1.165, 1.54) is 5.56 Å². The lowest BCUT2D eigenvalue weighted by Crippen LogP contribution is -2.01. The van der Waals surface area contributed by atoms with Gasteiger partial charge >= 0.3 is 0 Å². The third kappa shape index (κ3) is 3.01. The van der Waals surface area contributed by atoms with Gasteiger partial charge in [0.1, 0.15) is 0 Å². The Labute approximate surface area is 125 Å². The summed E-state index contributed by atoms with van der Waals surface area (Å²) in [5, 5.41) is 1.61. The van der Waals surface area contributed by atoms with E-state index in [0.717, 1.165) is 0 Å². The number of benzene rings is 1. The maximum atomic E-state index is 2.46. The maximum absolute atomic E-state index is 2.46. The average molecular weight is 286 g/mol. The first kappa shape index (κ1) is 15.4. The molecule has 1 aromatic heterocycles. The van der Waals surface area contributed by atoms with Crippen molar-refractivity contribution < 1.29 is 0 Å². The SMILES string of the molecule is CC(C)c1cc(C(C)C)c(-p2cccc2)c(C(C)C)c1. The van der Waals surface area contributed by atoms with Crippen LogP contribution >= 0.6 is 7.53 Å². The third-order valence-electron chi connectivity index (χ3n) is 3.96. The summed E-state index contributed by atoms with van der Waals surface area (Å²) in [6.45, 7) is 13.9. The van der Waals surface area contributed by atoms with Crippen LogP contribution in [0.5, 0.6) is 0 Å². The fraction of sp³-hybridized carbons (Fsp3) is 0.474. The Kier molecular flexibility index (Phi) is 4.76. The molecule has 2 aromatic rings. The summed E-state index contributed by atoms with van der Waals surface area (Å²) in [5.41, 5.74) is 4.60. The Balaban J connectivity index is 2.75. The molecule has 1 aromatic carbocycles. The minimum atomic E-state index is -0.239. The molecule has 0 aliphatic rings. The smallest absolute Gasteiger partial charge is 0.00477 e. The lowest BCUT2D eigenvalue weighted by Gasteiger charge is -2.22. The zero-order valence-electron chi connectivity index (χ0n) is 13.6. The molecule has 1 heteroatoms. The van der Waals surface area contributed by atoms with Crippen LogP contribution in [-0.4, -0.2) is 0 Å². The van der Waals surface area contributed by atoms with Gasteiger partial charge in [-0.2, -0.15) is 0 Å². The molecule has 0 unspecified atom stereocenters. The summed E-state index contributed by atoms with van der Waals surface area (Å²) in [6.07, 6.45) is 0. The van der Waals surface area contributed by atoms with Crippen LogP contribution in [0.3, 0.4) is 0 Å². The van der Waals surface area contributed by atoms with Crippen molar-refractivity contribution in [2.75, 3.05) is 0 Å². The molecule has 0 atom stereocenters. The molecule has 0 bridgehead atoms. The van der Waals surface area contributed by atoms with Gasteiger partial charge in [-0.25, -0.2) is 0 Å². The van der Waals surface area contributed by atoms with Crippen LogP contribution in [0, 0.1) is 0 Å². The fourth-order valence-electron chi connectivity index (χ4n) is 2.70. The van der Waals surface area contributed by atoms with E-state index < -0.39 is 0 Å². The highest BCUT2D eigenvalue weighted by Gasteiger charge is 2.18. The van der Waals surface area contributed by atoms with E-state index >= 15 is 0 Å². The van der Waals surface area contributed by atoms with Crippen LogP contribution in [0.25, 0.3) is 5.30 Å². The largest absolute Gasteiger partial charge is 0.0928 e. The van der Waals surface area contributed by atoms with Gasteiger partial charge in [0.05, 0.1) is 0 Å². The lowest BCUT2D eigenvalue weighted by molar-refractivity contribution is 0.811. The normalized spacial score (nSPS) is 11.8. The summed E-state index contributed by atoms with van der Waals surface area (Å²) < 4.78 is 0. The topological polar surface area (TPSA) is 0 Å². The van der Waals surface area contributed by atoms with Crippen LogP contribution < -0.4 is 0 Å². The van der Waals surface area contributed by atoms with Gasteiger partial charge in [0.15, 0.2) is 0 Å². The highest BCUT2D eigenvalue weighted by Crippen LogP contribution is 2.48. The predicted octanol–water partition coefficient (Wildman–Crippen LogP) is 7.03. The van der Waals surface area contributed by atoms with Gasteiger partial charge in [-0.15, -0.1) is 0 Å². The zero-order valence-corrected chi connectivity index (χ0v) is 14.5. The van der Waals surface area contributed by atoms with Crippen LogP contribution in [0.2, 0.25) is 0 Å². The molecule has 0 amide bonds. The van der Waals surface area contributed by atoms with E-state index in [1.54, 1.807) is 16.4 Å². The summed E-state index contributed by atoms with van der Waals surface area (Å²) >= 11 is 0. The molecule has 0 aliphatic heterocycles. The van der Waals surface area contributed by atoms with Crippen molar-refractivity contribution in [3.05, 3.63) is 52.6 Å². The molecule has 0 aliphatic carbocycles. The second kappa shape index (κ2) is 6.19.